The van der Waals surface area contributed by atoms with Gasteiger partial charge >= 0.3 is 6.09 Å². The number of benzene rings is 1. The number of rotatable bonds is 7. The molecular weight excluding hydrogens is 556 g/mol. The van der Waals surface area contributed by atoms with Crippen LogP contribution in [0.25, 0.3) is 22.3 Å². The second kappa shape index (κ2) is 13.0. The lowest BCUT2D eigenvalue weighted by Gasteiger charge is -2.44. The highest BCUT2D eigenvalue weighted by molar-refractivity contribution is 5.86. The quantitative estimate of drug-likeness (QED) is 0.347. The van der Waals surface area contributed by atoms with Crippen LogP contribution >= 0.6 is 0 Å². The lowest BCUT2D eigenvalue weighted by Crippen LogP contribution is -2.51. The van der Waals surface area contributed by atoms with E-state index in [1.54, 1.807) is 7.11 Å². The first-order valence-electron chi connectivity index (χ1n) is 16.3. The van der Waals surface area contributed by atoms with Crippen molar-refractivity contribution >= 4 is 17.1 Å². The molecule has 1 N–H and O–H groups in total. The third kappa shape index (κ3) is 6.72. The molecule has 0 unspecified atom stereocenters. The fourth-order valence-electron chi connectivity index (χ4n) is 7.36. The van der Waals surface area contributed by atoms with Gasteiger partial charge in [-0.25, -0.2) is 4.79 Å². The molecule has 0 bridgehead atoms. The number of aromatic nitrogens is 3. The van der Waals surface area contributed by atoms with Crippen molar-refractivity contribution in [3.05, 3.63) is 41.6 Å². The summed E-state index contributed by atoms with van der Waals surface area (Å²) in [4.78, 5) is 23.2. The zero-order chi connectivity index (χ0) is 30.8. The van der Waals surface area contributed by atoms with Crippen LogP contribution in [0.15, 0.2) is 30.3 Å². The summed E-state index contributed by atoms with van der Waals surface area (Å²) in [7, 11) is 1.62. The molecule has 10 nitrogen and oxygen atoms in total. The highest BCUT2D eigenvalue weighted by Gasteiger charge is 2.35. The Kier molecular flexibility index (Phi) is 9.12. The van der Waals surface area contributed by atoms with E-state index in [0.29, 0.717) is 12.1 Å². The third-order valence-corrected chi connectivity index (χ3v) is 9.53. The Labute approximate surface area is 261 Å². The Balaban J connectivity index is 1.07. The molecule has 1 aliphatic carbocycles. The average molecular weight is 605 g/mol. The molecule has 1 amide bonds. The molecule has 238 valence electrons. The van der Waals surface area contributed by atoms with E-state index in [-0.39, 0.29) is 12.9 Å². The largest absolute Gasteiger partial charge is 0.467 e. The summed E-state index contributed by atoms with van der Waals surface area (Å²) >= 11 is 0. The van der Waals surface area contributed by atoms with Gasteiger partial charge in [0.2, 0.25) is 0 Å². The molecule has 1 saturated carbocycles. The number of carbonyl (C=O) groups excluding carboxylic acids is 1. The number of carbonyl (C=O) groups is 1. The number of nitrogens with zero attached hydrogens (tertiary/aromatic N) is 5. The number of amides is 1. The Hall–Kier alpha value is -3.21. The summed E-state index contributed by atoms with van der Waals surface area (Å²) in [5.74, 6) is 1.46. The van der Waals surface area contributed by atoms with Gasteiger partial charge < -0.3 is 24.1 Å². The summed E-state index contributed by atoms with van der Waals surface area (Å²) in [6, 6.07) is 11.0. The molecule has 2 aliphatic heterocycles. The maximum atomic E-state index is 12.4. The molecule has 1 atom stereocenters. The normalized spacial score (nSPS) is 23.5. The summed E-state index contributed by atoms with van der Waals surface area (Å²) in [6.07, 6.45) is 5.81. The number of H-pyrrole nitrogens is 1. The maximum absolute atomic E-state index is 12.4. The molecule has 0 spiro atoms. The molecule has 2 fully saturated rings. The van der Waals surface area contributed by atoms with Crippen LogP contribution in [0.5, 0.6) is 5.75 Å². The summed E-state index contributed by atoms with van der Waals surface area (Å²) in [5.41, 5.74) is 4.79. The molecule has 44 heavy (non-hydrogen) atoms. The van der Waals surface area contributed by atoms with Crippen molar-refractivity contribution in [3.63, 3.8) is 0 Å². The van der Waals surface area contributed by atoms with Gasteiger partial charge in [-0.05, 0) is 83.1 Å². The number of aromatic amines is 1. The second-order valence-corrected chi connectivity index (χ2v) is 13.7. The van der Waals surface area contributed by atoms with Crippen molar-refractivity contribution in [3.8, 4) is 17.0 Å². The van der Waals surface area contributed by atoms with E-state index in [1.165, 1.54) is 36.9 Å². The van der Waals surface area contributed by atoms with Gasteiger partial charge in [-0.3, -0.25) is 9.80 Å². The van der Waals surface area contributed by atoms with Crippen LogP contribution < -0.4 is 4.74 Å². The molecule has 3 aliphatic rings. The summed E-state index contributed by atoms with van der Waals surface area (Å²) in [5, 5.41) is 10.3. The van der Waals surface area contributed by atoms with Crippen molar-refractivity contribution in [1.82, 2.24) is 29.9 Å². The number of piperazine rings is 1. The van der Waals surface area contributed by atoms with Crippen LogP contribution in [0.2, 0.25) is 0 Å². The Bertz CT molecular complexity index is 1440. The van der Waals surface area contributed by atoms with Gasteiger partial charge in [-0.15, -0.1) is 10.2 Å². The molecule has 2 aromatic heterocycles. The van der Waals surface area contributed by atoms with Crippen LogP contribution in [0, 0.1) is 5.92 Å². The summed E-state index contributed by atoms with van der Waals surface area (Å²) in [6.45, 7) is 13.9. The molecule has 6 rings (SSSR count). The lowest BCUT2D eigenvalue weighted by molar-refractivity contribution is 0.0118. The van der Waals surface area contributed by atoms with E-state index >= 15 is 0 Å². The van der Waals surface area contributed by atoms with Crippen LogP contribution in [-0.4, -0.2) is 101 Å². The molecule has 4 heterocycles. The molecule has 1 saturated heterocycles. The van der Waals surface area contributed by atoms with Crippen molar-refractivity contribution in [1.29, 1.82) is 0 Å². The van der Waals surface area contributed by atoms with Gasteiger partial charge in [0, 0.05) is 81.5 Å². The highest BCUT2D eigenvalue weighted by atomic mass is 16.7. The van der Waals surface area contributed by atoms with Crippen molar-refractivity contribution in [2.45, 2.75) is 77.5 Å². The van der Waals surface area contributed by atoms with Gasteiger partial charge in [0.25, 0.3) is 0 Å². The Morgan fingerprint density at radius 1 is 1.02 bits per heavy atom. The maximum Gasteiger partial charge on any atom is 0.410 e. The molecule has 3 aromatic rings. The van der Waals surface area contributed by atoms with Crippen molar-refractivity contribution in [2.24, 2.45) is 5.92 Å². The SMILES string of the molecule is COCOc1ccccc1-c1cc2c3c([nH]c2nn1)CCN(C1CCC(CN2CCN(C(=O)OC(C)(C)C)CC2)CC1)[C@@H]3C. The van der Waals surface area contributed by atoms with Gasteiger partial charge in [-0.2, -0.15) is 0 Å². The van der Waals surface area contributed by atoms with Crippen molar-refractivity contribution in [2.75, 3.05) is 53.2 Å². The highest BCUT2D eigenvalue weighted by Crippen LogP contribution is 2.40. The fourth-order valence-corrected chi connectivity index (χ4v) is 7.36. The monoisotopic (exact) mass is 604 g/mol. The van der Waals surface area contributed by atoms with Gasteiger partial charge in [0.05, 0.1) is 5.69 Å². The first kappa shape index (κ1) is 30.8. The Morgan fingerprint density at radius 2 is 1.77 bits per heavy atom. The van der Waals surface area contributed by atoms with E-state index in [1.807, 2.05) is 49.9 Å². The minimum Gasteiger partial charge on any atom is -0.467 e. The standard InChI is InChI=1S/C34H48N6O4/c1-23-31-27-20-29(26-8-6-7-9-30(26)43-22-42-5)36-37-32(27)35-28(31)14-15-40(23)25-12-10-24(11-13-25)21-38-16-18-39(19-17-38)33(41)44-34(2,3)4/h6-9,20,23-25H,10-19,21-22H2,1-5H3,(H,35,37)/t23-,24?,25?/m1/s1. The number of para-hydroxylation sites is 1. The summed E-state index contributed by atoms with van der Waals surface area (Å²) < 4.78 is 16.5. The smallest absolute Gasteiger partial charge is 0.410 e. The molecule has 1 aromatic carbocycles. The molecular formula is C34H48N6O4. The van der Waals surface area contributed by atoms with Gasteiger partial charge in [0.1, 0.15) is 11.4 Å². The zero-order valence-corrected chi connectivity index (χ0v) is 27.0. The number of ether oxygens (including phenoxy) is 3. The molecule has 10 heteroatoms. The van der Waals surface area contributed by atoms with E-state index in [2.05, 4.69) is 38.0 Å². The fraction of sp³-hybridized carbons (Fsp3) is 0.618. The van der Waals surface area contributed by atoms with E-state index in [0.717, 1.165) is 79.6 Å². The van der Waals surface area contributed by atoms with Crippen molar-refractivity contribution < 1.29 is 19.0 Å². The van der Waals surface area contributed by atoms with Crippen LogP contribution in [-0.2, 0) is 15.9 Å². The Morgan fingerprint density at radius 3 is 2.50 bits per heavy atom. The predicted octanol–water partition coefficient (Wildman–Crippen LogP) is 5.64. The van der Waals surface area contributed by atoms with E-state index in [4.69, 9.17) is 14.2 Å². The number of nitrogens with one attached hydrogen (secondary N) is 1. The van der Waals surface area contributed by atoms with Crippen LogP contribution in [0.3, 0.4) is 0 Å². The topological polar surface area (TPSA) is 96.0 Å². The predicted molar refractivity (Wildman–Crippen MR) is 171 cm³/mol. The number of fused-ring (bicyclic) bond motifs is 3. The molecule has 0 radical (unpaired) electrons. The number of methoxy groups -OCH3 is 1. The minimum absolute atomic E-state index is 0.184. The number of hydrogen-bond donors (Lipinski definition) is 1. The van der Waals surface area contributed by atoms with Gasteiger partial charge in [0.15, 0.2) is 12.4 Å². The van der Waals surface area contributed by atoms with Crippen LogP contribution in [0.1, 0.15) is 70.7 Å². The van der Waals surface area contributed by atoms with Gasteiger partial charge in [-0.1, -0.05) is 12.1 Å². The lowest BCUT2D eigenvalue weighted by atomic mass is 9.83. The second-order valence-electron chi connectivity index (χ2n) is 13.7. The zero-order valence-electron chi connectivity index (χ0n) is 27.0. The number of hydrogen-bond acceptors (Lipinski definition) is 8. The minimum atomic E-state index is -0.447. The third-order valence-electron chi connectivity index (χ3n) is 9.53. The average Bonchev–Trinajstić information content (AvgIpc) is 3.39. The van der Waals surface area contributed by atoms with E-state index in [9.17, 15) is 4.79 Å². The first-order valence-corrected chi connectivity index (χ1v) is 16.3. The first-order chi connectivity index (χ1) is 21.2. The van der Waals surface area contributed by atoms with E-state index < -0.39 is 5.60 Å². The van der Waals surface area contributed by atoms with Crippen LogP contribution in [0.4, 0.5) is 4.79 Å².